The molecule has 0 radical (unpaired) electrons. The van der Waals surface area contributed by atoms with Crippen LogP contribution >= 0.6 is 0 Å². The first-order valence-corrected chi connectivity index (χ1v) is 10.1. The van der Waals surface area contributed by atoms with Gasteiger partial charge in [0.05, 0.1) is 6.61 Å². The van der Waals surface area contributed by atoms with Crippen LogP contribution in [0.5, 0.6) is 5.75 Å². The zero-order valence-electron chi connectivity index (χ0n) is 18.2. The van der Waals surface area contributed by atoms with Crippen molar-refractivity contribution in [3.63, 3.8) is 0 Å². The largest absolute Gasteiger partial charge is 0.493 e. The van der Waals surface area contributed by atoms with Crippen molar-refractivity contribution in [1.29, 1.82) is 0 Å². The molecule has 0 spiro atoms. The molecule has 1 heterocycles. The van der Waals surface area contributed by atoms with Crippen molar-refractivity contribution in [2.24, 2.45) is 0 Å². The zero-order valence-corrected chi connectivity index (χ0v) is 18.2. The molecule has 0 saturated carbocycles. The lowest BCUT2D eigenvalue weighted by atomic mass is 9.88. The number of carboxylic acids is 1. The standard InChI is InChI=1S/C25H31NO3/c1-7-29-25-22(17(4)5)13-20(16(2)3)14-23(25)21-10-11-26-15-19(21)9-8-18(6)12-24(27)28/h8-17H,7H2,1-6H3,(H,27,28). The lowest BCUT2D eigenvalue weighted by Gasteiger charge is -2.21. The molecular formula is C25H31NO3. The van der Waals surface area contributed by atoms with Gasteiger partial charge in [-0.1, -0.05) is 45.9 Å². The van der Waals surface area contributed by atoms with Gasteiger partial charge >= 0.3 is 5.97 Å². The second kappa shape index (κ2) is 10.1. The van der Waals surface area contributed by atoms with Crippen LogP contribution in [0.25, 0.3) is 17.2 Å². The van der Waals surface area contributed by atoms with Gasteiger partial charge in [0.2, 0.25) is 0 Å². The summed E-state index contributed by atoms with van der Waals surface area (Å²) in [6, 6.07) is 6.44. The number of aromatic nitrogens is 1. The Bertz CT molecular complexity index is 924. The first kappa shape index (κ1) is 22.4. The topological polar surface area (TPSA) is 59.4 Å². The van der Waals surface area contributed by atoms with Crippen LogP contribution in [0, 0.1) is 0 Å². The third kappa shape index (κ3) is 5.80. The molecule has 0 atom stereocenters. The summed E-state index contributed by atoms with van der Waals surface area (Å²) >= 11 is 0. The van der Waals surface area contributed by atoms with Crippen LogP contribution in [0.1, 0.15) is 70.1 Å². The number of carboxylic acid groups (broad SMARTS) is 1. The number of ether oxygens (including phenoxy) is 1. The molecule has 0 aliphatic heterocycles. The molecule has 0 saturated heterocycles. The number of allylic oxidation sites excluding steroid dienone is 2. The number of hydrogen-bond acceptors (Lipinski definition) is 3. The Kier molecular flexibility index (Phi) is 7.77. The molecule has 0 unspecified atom stereocenters. The van der Waals surface area contributed by atoms with Gasteiger partial charge in [0.25, 0.3) is 0 Å². The molecule has 0 bridgehead atoms. The van der Waals surface area contributed by atoms with E-state index in [9.17, 15) is 4.79 Å². The van der Waals surface area contributed by atoms with Crippen molar-refractivity contribution in [2.45, 2.75) is 53.4 Å². The van der Waals surface area contributed by atoms with Crippen LogP contribution in [0.3, 0.4) is 0 Å². The Labute approximate surface area is 174 Å². The average Bonchev–Trinajstić information content (AvgIpc) is 2.66. The molecule has 29 heavy (non-hydrogen) atoms. The average molecular weight is 394 g/mol. The molecular weight excluding hydrogens is 362 g/mol. The summed E-state index contributed by atoms with van der Waals surface area (Å²) in [4.78, 5) is 15.2. The maximum atomic E-state index is 10.9. The summed E-state index contributed by atoms with van der Waals surface area (Å²) < 4.78 is 6.12. The molecule has 2 rings (SSSR count). The number of pyridine rings is 1. The minimum absolute atomic E-state index is 0.329. The molecule has 4 nitrogen and oxygen atoms in total. The van der Waals surface area contributed by atoms with Crippen molar-refractivity contribution in [1.82, 2.24) is 4.98 Å². The summed E-state index contributed by atoms with van der Waals surface area (Å²) in [6.07, 6.45) is 8.47. The maximum Gasteiger partial charge on any atom is 0.328 e. The van der Waals surface area contributed by atoms with E-state index in [0.717, 1.165) is 22.4 Å². The smallest absolute Gasteiger partial charge is 0.328 e. The van der Waals surface area contributed by atoms with Crippen molar-refractivity contribution >= 4 is 12.0 Å². The number of nitrogens with zero attached hydrogens (tertiary/aromatic N) is 1. The van der Waals surface area contributed by atoms with E-state index in [0.29, 0.717) is 24.0 Å². The molecule has 1 N–H and O–H groups in total. The summed E-state index contributed by atoms with van der Waals surface area (Å²) in [7, 11) is 0. The normalized spacial score (nSPS) is 12.2. The molecule has 2 aromatic rings. The Balaban J connectivity index is 2.70. The molecule has 0 aliphatic rings. The van der Waals surface area contributed by atoms with Crippen molar-refractivity contribution in [2.75, 3.05) is 6.61 Å². The Morgan fingerprint density at radius 3 is 2.48 bits per heavy atom. The Hall–Kier alpha value is -2.88. The van der Waals surface area contributed by atoms with Crippen LogP contribution < -0.4 is 4.74 Å². The van der Waals surface area contributed by atoms with E-state index in [1.54, 1.807) is 25.4 Å². The predicted molar refractivity (Wildman–Crippen MR) is 119 cm³/mol. The highest BCUT2D eigenvalue weighted by molar-refractivity contribution is 5.83. The van der Waals surface area contributed by atoms with Gasteiger partial charge in [-0.2, -0.15) is 0 Å². The SMILES string of the molecule is CCOc1c(-c2ccncc2C=CC(C)=CC(=O)O)cc(C(C)C)cc1C(C)C. The summed E-state index contributed by atoms with van der Waals surface area (Å²) in [5.41, 5.74) is 6.11. The zero-order chi connectivity index (χ0) is 21.6. The minimum atomic E-state index is -0.955. The van der Waals surface area contributed by atoms with Crippen LogP contribution in [-0.2, 0) is 4.79 Å². The van der Waals surface area contributed by atoms with E-state index < -0.39 is 5.97 Å². The van der Waals surface area contributed by atoms with Gasteiger partial charge < -0.3 is 9.84 Å². The number of carbonyl (C=O) groups is 1. The summed E-state index contributed by atoms with van der Waals surface area (Å²) in [6.45, 7) is 13.1. The fourth-order valence-electron chi connectivity index (χ4n) is 3.19. The van der Waals surface area contributed by atoms with Gasteiger partial charge in [-0.05, 0) is 60.1 Å². The van der Waals surface area contributed by atoms with Gasteiger partial charge in [0.1, 0.15) is 5.75 Å². The first-order valence-electron chi connectivity index (χ1n) is 10.1. The Morgan fingerprint density at radius 2 is 1.90 bits per heavy atom. The highest BCUT2D eigenvalue weighted by Crippen LogP contribution is 2.41. The summed E-state index contributed by atoms with van der Waals surface area (Å²) in [5.74, 6) is 0.674. The number of benzene rings is 1. The van der Waals surface area contributed by atoms with E-state index in [2.05, 4.69) is 44.8 Å². The van der Waals surface area contributed by atoms with Crippen LogP contribution in [0.4, 0.5) is 0 Å². The van der Waals surface area contributed by atoms with Crippen molar-refractivity contribution in [3.8, 4) is 16.9 Å². The quantitative estimate of drug-likeness (QED) is 0.414. The van der Waals surface area contributed by atoms with Crippen LogP contribution in [0.2, 0.25) is 0 Å². The van der Waals surface area contributed by atoms with Crippen molar-refractivity contribution < 1.29 is 14.6 Å². The molecule has 4 heteroatoms. The van der Waals surface area contributed by atoms with Gasteiger partial charge in [0.15, 0.2) is 0 Å². The monoisotopic (exact) mass is 393 g/mol. The minimum Gasteiger partial charge on any atom is -0.493 e. The molecule has 1 aromatic heterocycles. The fraction of sp³-hybridized carbons (Fsp3) is 0.360. The highest BCUT2D eigenvalue weighted by atomic mass is 16.5. The van der Waals surface area contributed by atoms with E-state index in [4.69, 9.17) is 9.84 Å². The van der Waals surface area contributed by atoms with Gasteiger partial charge in [-0.3, -0.25) is 4.98 Å². The molecule has 0 aliphatic carbocycles. The third-order valence-corrected chi connectivity index (χ3v) is 4.74. The number of aliphatic carboxylic acids is 1. The molecule has 0 fully saturated rings. The second-order valence-electron chi connectivity index (χ2n) is 7.75. The molecule has 1 aromatic carbocycles. The third-order valence-electron chi connectivity index (χ3n) is 4.74. The molecule has 0 amide bonds. The predicted octanol–water partition coefficient (Wildman–Crippen LogP) is 6.44. The summed E-state index contributed by atoms with van der Waals surface area (Å²) in [5, 5.41) is 8.93. The highest BCUT2D eigenvalue weighted by Gasteiger charge is 2.19. The number of rotatable bonds is 8. The van der Waals surface area contributed by atoms with Gasteiger partial charge in [-0.25, -0.2) is 4.79 Å². The lowest BCUT2D eigenvalue weighted by Crippen LogP contribution is -2.04. The Morgan fingerprint density at radius 1 is 1.17 bits per heavy atom. The first-order chi connectivity index (χ1) is 13.7. The van der Waals surface area contributed by atoms with Crippen LogP contribution in [-0.4, -0.2) is 22.7 Å². The lowest BCUT2D eigenvalue weighted by molar-refractivity contribution is -0.131. The van der Waals surface area contributed by atoms with E-state index in [-0.39, 0.29) is 0 Å². The van der Waals surface area contributed by atoms with Gasteiger partial charge in [-0.15, -0.1) is 0 Å². The maximum absolute atomic E-state index is 10.9. The second-order valence-corrected chi connectivity index (χ2v) is 7.75. The van der Waals surface area contributed by atoms with E-state index in [1.165, 1.54) is 17.2 Å². The van der Waals surface area contributed by atoms with Crippen molar-refractivity contribution in [3.05, 3.63) is 65.0 Å². The van der Waals surface area contributed by atoms with E-state index >= 15 is 0 Å². The van der Waals surface area contributed by atoms with E-state index in [1.807, 2.05) is 19.1 Å². The van der Waals surface area contributed by atoms with Crippen LogP contribution in [0.15, 0.2) is 48.3 Å². The fourth-order valence-corrected chi connectivity index (χ4v) is 3.19. The van der Waals surface area contributed by atoms with Gasteiger partial charge in [0, 0.05) is 29.6 Å². The molecule has 154 valence electrons. The number of hydrogen-bond donors (Lipinski definition) is 1.